The SMILES string of the molecule is CCC(C(N)=O)=C1C=Nc2ccccc2N1. The zero-order valence-corrected chi connectivity index (χ0v) is 9.03. The predicted octanol–water partition coefficient (Wildman–Crippen LogP) is 1.96. The van der Waals surface area contributed by atoms with Crippen molar-refractivity contribution in [2.75, 3.05) is 5.32 Å². The number of amides is 1. The second-order valence-corrected chi connectivity index (χ2v) is 3.51. The topological polar surface area (TPSA) is 67.5 Å². The van der Waals surface area contributed by atoms with Gasteiger partial charge in [0.1, 0.15) is 0 Å². The van der Waals surface area contributed by atoms with Crippen molar-refractivity contribution < 1.29 is 4.79 Å². The van der Waals surface area contributed by atoms with Crippen LogP contribution in [-0.2, 0) is 4.79 Å². The van der Waals surface area contributed by atoms with Gasteiger partial charge < -0.3 is 11.1 Å². The number of nitrogens with two attached hydrogens (primary N) is 1. The molecular weight excluding hydrogens is 202 g/mol. The van der Waals surface area contributed by atoms with Gasteiger partial charge >= 0.3 is 0 Å². The van der Waals surface area contributed by atoms with Crippen LogP contribution in [-0.4, -0.2) is 12.1 Å². The molecule has 0 radical (unpaired) electrons. The Bertz CT molecular complexity index is 489. The number of benzene rings is 1. The van der Waals surface area contributed by atoms with Crippen molar-refractivity contribution in [3.05, 3.63) is 35.5 Å². The lowest BCUT2D eigenvalue weighted by atomic mass is 10.1. The maximum atomic E-state index is 11.2. The molecule has 4 heteroatoms. The van der Waals surface area contributed by atoms with Crippen LogP contribution in [0.15, 0.2) is 40.5 Å². The summed E-state index contributed by atoms with van der Waals surface area (Å²) in [5.74, 6) is -0.407. The van der Waals surface area contributed by atoms with E-state index in [4.69, 9.17) is 5.73 Å². The van der Waals surface area contributed by atoms with Gasteiger partial charge in [-0.3, -0.25) is 9.79 Å². The molecule has 0 saturated carbocycles. The molecule has 0 bridgehead atoms. The Hall–Kier alpha value is -2.10. The summed E-state index contributed by atoms with van der Waals surface area (Å²) in [6.07, 6.45) is 2.23. The van der Waals surface area contributed by atoms with Crippen molar-refractivity contribution in [2.45, 2.75) is 13.3 Å². The van der Waals surface area contributed by atoms with Crippen molar-refractivity contribution in [2.24, 2.45) is 10.7 Å². The number of aliphatic imine (C=N–C) groups is 1. The quantitative estimate of drug-likeness (QED) is 0.740. The lowest BCUT2D eigenvalue weighted by molar-refractivity contribution is -0.114. The predicted molar refractivity (Wildman–Crippen MR) is 64.7 cm³/mol. The number of anilines is 1. The van der Waals surface area contributed by atoms with E-state index < -0.39 is 5.91 Å². The maximum Gasteiger partial charge on any atom is 0.246 e. The maximum absolute atomic E-state index is 11.2. The zero-order chi connectivity index (χ0) is 11.5. The molecule has 0 spiro atoms. The highest BCUT2D eigenvalue weighted by atomic mass is 16.1. The molecule has 0 unspecified atom stereocenters. The van der Waals surface area contributed by atoms with Gasteiger partial charge in [0, 0.05) is 5.57 Å². The van der Waals surface area contributed by atoms with Crippen LogP contribution in [0.2, 0.25) is 0 Å². The highest BCUT2D eigenvalue weighted by Crippen LogP contribution is 2.29. The van der Waals surface area contributed by atoms with Crippen molar-refractivity contribution in [3.63, 3.8) is 0 Å². The molecule has 0 aromatic heterocycles. The largest absolute Gasteiger partial charge is 0.366 e. The summed E-state index contributed by atoms with van der Waals surface area (Å²) < 4.78 is 0. The van der Waals surface area contributed by atoms with E-state index >= 15 is 0 Å². The number of hydrogen-bond donors (Lipinski definition) is 2. The summed E-state index contributed by atoms with van der Waals surface area (Å²) in [6, 6.07) is 7.66. The van der Waals surface area contributed by atoms with Gasteiger partial charge in [0.2, 0.25) is 5.91 Å². The summed E-state index contributed by atoms with van der Waals surface area (Å²) in [6.45, 7) is 1.89. The van der Waals surface area contributed by atoms with Gasteiger partial charge in [0.05, 0.1) is 23.3 Å². The molecule has 0 aliphatic carbocycles. The Morgan fingerprint density at radius 3 is 2.88 bits per heavy atom. The highest BCUT2D eigenvalue weighted by molar-refractivity contribution is 6.03. The number of fused-ring (bicyclic) bond motifs is 1. The van der Waals surface area contributed by atoms with Crippen LogP contribution in [0, 0.1) is 0 Å². The number of primary amides is 1. The first kappa shape index (κ1) is 10.4. The highest BCUT2D eigenvalue weighted by Gasteiger charge is 2.13. The molecule has 1 amide bonds. The fourth-order valence-electron chi connectivity index (χ4n) is 1.65. The molecular formula is C12H13N3O. The smallest absolute Gasteiger partial charge is 0.246 e. The number of para-hydroxylation sites is 2. The van der Waals surface area contributed by atoms with Crippen molar-refractivity contribution in [1.82, 2.24) is 0 Å². The molecule has 1 aliphatic heterocycles. The average molecular weight is 215 g/mol. The number of hydrogen-bond acceptors (Lipinski definition) is 3. The molecule has 1 aromatic carbocycles. The molecule has 0 fully saturated rings. The van der Waals surface area contributed by atoms with E-state index in [2.05, 4.69) is 10.3 Å². The van der Waals surface area contributed by atoms with Crippen LogP contribution in [0.4, 0.5) is 11.4 Å². The number of allylic oxidation sites excluding steroid dienone is 1. The molecule has 4 nitrogen and oxygen atoms in total. The molecule has 2 rings (SSSR count). The summed E-state index contributed by atoms with van der Waals surface area (Å²) >= 11 is 0. The third kappa shape index (κ3) is 1.82. The number of nitrogens with zero attached hydrogens (tertiary/aromatic N) is 1. The van der Waals surface area contributed by atoms with Crippen molar-refractivity contribution in [3.8, 4) is 0 Å². The van der Waals surface area contributed by atoms with E-state index in [1.807, 2.05) is 31.2 Å². The van der Waals surface area contributed by atoms with Gasteiger partial charge in [-0.2, -0.15) is 0 Å². The normalized spacial score (nSPS) is 16.3. The van der Waals surface area contributed by atoms with Gasteiger partial charge in [0.25, 0.3) is 0 Å². The van der Waals surface area contributed by atoms with E-state index in [0.717, 1.165) is 11.4 Å². The Morgan fingerprint density at radius 2 is 2.19 bits per heavy atom. The van der Waals surface area contributed by atoms with Crippen molar-refractivity contribution >= 4 is 23.5 Å². The summed E-state index contributed by atoms with van der Waals surface area (Å²) in [5, 5.41) is 3.16. The number of carbonyl (C=O) groups is 1. The summed E-state index contributed by atoms with van der Waals surface area (Å²) in [5.41, 5.74) is 8.32. The van der Waals surface area contributed by atoms with Gasteiger partial charge in [-0.25, -0.2) is 0 Å². The van der Waals surface area contributed by atoms with E-state index in [1.165, 1.54) is 0 Å². The number of nitrogens with one attached hydrogen (secondary N) is 1. The standard InChI is InChI=1S/C12H13N3O/c1-2-8(12(13)16)11-7-14-9-5-3-4-6-10(9)15-11/h3-7,15H,2H2,1H3,(H2,13,16). The third-order valence-electron chi connectivity index (χ3n) is 2.48. The van der Waals surface area contributed by atoms with Crippen LogP contribution in [0.3, 0.4) is 0 Å². The lowest BCUT2D eigenvalue weighted by Crippen LogP contribution is -2.19. The van der Waals surface area contributed by atoms with Crippen LogP contribution in [0.25, 0.3) is 0 Å². The van der Waals surface area contributed by atoms with Crippen molar-refractivity contribution in [1.29, 1.82) is 0 Å². The Kier molecular flexibility index (Phi) is 2.72. The first-order valence-electron chi connectivity index (χ1n) is 5.15. The molecule has 1 aliphatic rings. The lowest BCUT2D eigenvalue weighted by Gasteiger charge is -2.16. The minimum Gasteiger partial charge on any atom is -0.366 e. The van der Waals surface area contributed by atoms with Gasteiger partial charge in [-0.1, -0.05) is 19.1 Å². The van der Waals surface area contributed by atoms with Gasteiger partial charge in [-0.05, 0) is 18.6 Å². The molecule has 1 aromatic rings. The third-order valence-corrected chi connectivity index (χ3v) is 2.48. The van der Waals surface area contributed by atoms with E-state index in [9.17, 15) is 4.79 Å². The second-order valence-electron chi connectivity index (χ2n) is 3.51. The Labute approximate surface area is 93.9 Å². The fraction of sp³-hybridized carbons (Fsp3) is 0.167. The molecule has 82 valence electrons. The fourth-order valence-corrected chi connectivity index (χ4v) is 1.65. The second kappa shape index (κ2) is 4.18. The molecule has 0 saturated heterocycles. The first-order valence-corrected chi connectivity index (χ1v) is 5.15. The van der Waals surface area contributed by atoms with Crippen LogP contribution in [0.5, 0.6) is 0 Å². The number of carbonyl (C=O) groups excluding carboxylic acids is 1. The Balaban J connectivity index is 2.43. The summed E-state index contributed by atoms with van der Waals surface area (Å²) in [4.78, 5) is 15.5. The Morgan fingerprint density at radius 1 is 1.44 bits per heavy atom. The average Bonchev–Trinajstić information content (AvgIpc) is 2.29. The van der Waals surface area contributed by atoms with Gasteiger partial charge in [-0.15, -0.1) is 0 Å². The minimum atomic E-state index is -0.407. The molecule has 3 N–H and O–H groups in total. The number of rotatable bonds is 2. The van der Waals surface area contributed by atoms with E-state index in [1.54, 1.807) is 6.21 Å². The molecule has 0 atom stereocenters. The van der Waals surface area contributed by atoms with Crippen LogP contribution in [0.1, 0.15) is 13.3 Å². The molecule has 1 heterocycles. The van der Waals surface area contributed by atoms with E-state index in [0.29, 0.717) is 17.7 Å². The van der Waals surface area contributed by atoms with Crippen LogP contribution < -0.4 is 11.1 Å². The van der Waals surface area contributed by atoms with Gasteiger partial charge in [0.15, 0.2) is 0 Å². The monoisotopic (exact) mass is 215 g/mol. The zero-order valence-electron chi connectivity index (χ0n) is 9.03. The molecule has 16 heavy (non-hydrogen) atoms. The summed E-state index contributed by atoms with van der Waals surface area (Å²) in [7, 11) is 0. The van der Waals surface area contributed by atoms with Crippen LogP contribution >= 0.6 is 0 Å². The first-order chi connectivity index (χ1) is 7.72. The minimum absolute atomic E-state index is 0.407. The van der Waals surface area contributed by atoms with E-state index in [-0.39, 0.29) is 0 Å².